The fourth-order valence-electron chi connectivity index (χ4n) is 1.38. The molecule has 0 unspecified atom stereocenters. The zero-order valence-electron chi connectivity index (χ0n) is 7.12. The maximum Gasteiger partial charge on any atom is 0.0998 e. The molecule has 0 aliphatic rings. The Balaban J connectivity index is 2.89. The van der Waals surface area contributed by atoms with Gasteiger partial charge in [0.2, 0.25) is 0 Å². The quantitative estimate of drug-likeness (QED) is 0.863. The number of thiophene rings is 1. The van der Waals surface area contributed by atoms with Crippen molar-refractivity contribution < 1.29 is 5.11 Å². The Morgan fingerprint density at radius 1 is 1.50 bits per heavy atom. The van der Waals surface area contributed by atoms with Gasteiger partial charge in [0, 0.05) is 19.9 Å². The molecule has 1 N–H and O–H groups in total. The topological polar surface area (TPSA) is 44.0 Å². The molecule has 1 aromatic heterocycles. The van der Waals surface area contributed by atoms with Crippen LogP contribution in [0.4, 0.5) is 0 Å². The van der Waals surface area contributed by atoms with E-state index in [9.17, 15) is 0 Å². The van der Waals surface area contributed by atoms with Crippen molar-refractivity contribution in [3.05, 3.63) is 33.1 Å². The van der Waals surface area contributed by atoms with Crippen LogP contribution in [0.15, 0.2) is 22.0 Å². The van der Waals surface area contributed by atoms with E-state index in [-0.39, 0.29) is 6.61 Å². The van der Waals surface area contributed by atoms with Crippen LogP contribution in [0.2, 0.25) is 0 Å². The monoisotopic (exact) mass is 267 g/mol. The van der Waals surface area contributed by atoms with Gasteiger partial charge in [-0.05, 0) is 27.6 Å². The predicted octanol–water partition coefficient (Wildman–Crippen LogP) is 3.03. The number of fused-ring (bicyclic) bond motifs is 1. The van der Waals surface area contributed by atoms with Crippen molar-refractivity contribution in [1.29, 1.82) is 5.26 Å². The highest BCUT2D eigenvalue weighted by molar-refractivity contribution is 9.10. The van der Waals surface area contributed by atoms with Gasteiger partial charge >= 0.3 is 0 Å². The lowest BCUT2D eigenvalue weighted by Gasteiger charge is -2.00. The van der Waals surface area contributed by atoms with Crippen molar-refractivity contribution >= 4 is 37.4 Å². The fraction of sp³-hybridized carbons (Fsp3) is 0.100. The average Bonchev–Trinajstić information content (AvgIpc) is 2.60. The molecule has 0 amide bonds. The van der Waals surface area contributed by atoms with Crippen LogP contribution in [0.25, 0.3) is 10.1 Å². The van der Waals surface area contributed by atoms with Crippen molar-refractivity contribution in [3.8, 4) is 6.07 Å². The Morgan fingerprint density at radius 2 is 2.29 bits per heavy atom. The van der Waals surface area contributed by atoms with Gasteiger partial charge in [0.15, 0.2) is 0 Å². The standard InChI is InChI=1S/C10H6BrNOS/c11-8-5-14-10-7(4-13)2-1-6(3-12)9(8)10/h1-2,5,13H,4H2. The lowest BCUT2D eigenvalue weighted by Crippen LogP contribution is -1.85. The zero-order chi connectivity index (χ0) is 10.1. The van der Waals surface area contributed by atoms with Gasteiger partial charge in [-0.3, -0.25) is 0 Å². The van der Waals surface area contributed by atoms with E-state index in [2.05, 4.69) is 22.0 Å². The maximum atomic E-state index is 9.12. The first-order valence-corrected chi connectivity index (χ1v) is 5.64. The molecule has 0 saturated heterocycles. The minimum Gasteiger partial charge on any atom is -0.392 e. The Morgan fingerprint density at radius 3 is 2.93 bits per heavy atom. The molecule has 0 bridgehead atoms. The summed E-state index contributed by atoms with van der Waals surface area (Å²) >= 11 is 4.94. The molecule has 2 nitrogen and oxygen atoms in total. The number of rotatable bonds is 1. The predicted molar refractivity (Wildman–Crippen MR) is 60.2 cm³/mol. The number of benzene rings is 1. The smallest absolute Gasteiger partial charge is 0.0998 e. The van der Waals surface area contributed by atoms with Crippen LogP contribution >= 0.6 is 27.3 Å². The first kappa shape index (κ1) is 9.66. The van der Waals surface area contributed by atoms with Crippen molar-refractivity contribution in [1.82, 2.24) is 0 Å². The molecule has 0 saturated carbocycles. The summed E-state index contributed by atoms with van der Waals surface area (Å²) in [6.45, 7) is 0.00909. The number of nitrogens with zero attached hydrogens (tertiary/aromatic N) is 1. The number of aliphatic hydroxyl groups is 1. The molecule has 1 aromatic carbocycles. The van der Waals surface area contributed by atoms with Crippen LogP contribution in [-0.2, 0) is 6.61 Å². The molecule has 0 aliphatic carbocycles. The third-order valence-corrected chi connectivity index (χ3v) is 4.03. The molecule has 70 valence electrons. The molecule has 2 rings (SSSR count). The molecule has 1 heterocycles. The summed E-state index contributed by atoms with van der Waals surface area (Å²) in [4.78, 5) is 0. The van der Waals surface area contributed by atoms with Crippen molar-refractivity contribution in [2.75, 3.05) is 0 Å². The van der Waals surface area contributed by atoms with Crippen LogP contribution in [0.5, 0.6) is 0 Å². The van der Waals surface area contributed by atoms with E-state index in [4.69, 9.17) is 10.4 Å². The molecular formula is C10H6BrNOS. The second kappa shape index (κ2) is 3.70. The number of hydrogen-bond donors (Lipinski definition) is 1. The van der Waals surface area contributed by atoms with E-state index in [1.807, 2.05) is 5.38 Å². The van der Waals surface area contributed by atoms with Crippen LogP contribution in [-0.4, -0.2) is 5.11 Å². The zero-order valence-corrected chi connectivity index (χ0v) is 9.52. The lowest BCUT2D eigenvalue weighted by molar-refractivity contribution is 0.283. The molecule has 14 heavy (non-hydrogen) atoms. The van der Waals surface area contributed by atoms with E-state index in [0.717, 1.165) is 20.1 Å². The van der Waals surface area contributed by atoms with Gasteiger partial charge in [0.25, 0.3) is 0 Å². The van der Waals surface area contributed by atoms with E-state index >= 15 is 0 Å². The van der Waals surface area contributed by atoms with Gasteiger partial charge in [0.1, 0.15) is 0 Å². The van der Waals surface area contributed by atoms with Crippen molar-refractivity contribution in [3.63, 3.8) is 0 Å². The molecular weight excluding hydrogens is 262 g/mol. The van der Waals surface area contributed by atoms with E-state index < -0.39 is 0 Å². The molecule has 2 aromatic rings. The Kier molecular flexibility index (Phi) is 2.55. The van der Waals surface area contributed by atoms with E-state index in [0.29, 0.717) is 5.56 Å². The van der Waals surface area contributed by atoms with E-state index in [1.54, 1.807) is 12.1 Å². The maximum absolute atomic E-state index is 9.12. The Hall–Kier alpha value is -0.890. The number of nitriles is 1. The summed E-state index contributed by atoms with van der Waals surface area (Å²) in [5.74, 6) is 0. The minimum atomic E-state index is 0.00909. The Bertz CT molecular complexity index is 527. The van der Waals surface area contributed by atoms with Gasteiger partial charge in [-0.25, -0.2) is 0 Å². The lowest BCUT2D eigenvalue weighted by atomic mass is 10.1. The van der Waals surface area contributed by atoms with Crippen LogP contribution in [0.1, 0.15) is 11.1 Å². The highest BCUT2D eigenvalue weighted by Gasteiger charge is 2.10. The van der Waals surface area contributed by atoms with Gasteiger partial charge in [-0.15, -0.1) is 11.3 Å². The summed E-state index contributed by atoms with van der Waals surface area (Å²) in [7, 11) is 0. The summed E-state index contributed by atoms with van der Waals surface area (Å²) < 4.78 is 1.91. The van der Waals surface area contributed by atoms with Crippen LogP contribution < -0.4 is 0 Å². The second-order valence-electron chi connectivity index (χ2n) is 2.83. The van der Waals surface area contributed by atoms with Crippen molar-refractivity contribution in [2.45, 2.75) is 6.61 Å². The largest absolute Gasteiger partial charge is 0.392 e. The minimum absolute atomic E-state index is 0.00909. The first-order valence-electron chi connectivity index (χ1n) is 3.97. The van der Waals surface area contributed by atoms with Gasteiger partial charge in [-0.2, -0.15) is 5.26 Å². The highest BCUT2D eigenvalue weighted by Crippen LogP contribution is 2.35. The molecule has 0 spiro atoms. The van der Waals surface area contributed by atoms with Gasteiger partial charge < -0.3 is 5.11 Å². The van der Waals surface area contributed by atoms with Crippen LogP contribution in [0.3, 0.4) is 0 Å². The molecule has 4 heteroatoms. The molecule has 0 fully saturated rings. The van der Waals surface area contributed by atoms with Crippen molar-refractivity contribution in [2.24, 2.45) is 0 Å². The average molecular weight is 268 g/mol. The molecule has 0 atom stereocenters. The third kappa shape index (κ3) is 1.34. The second-order valence-corrected chi connectivity index (χ2v) is 4.56. The Labute approximate surface area is 93.5 Å². The fourth-order valence-corrected chi connectivity index (χ4v) is 3.17. The van der Waals surface area contributed by atoms with Gasteiger partial charge in [0.05, 0.1) is 18.2 Å². The summed E-state index contributed by atoms with van der Waals surface area (Å²) in [6, 6.07) is 5.68. The highest BCUT2D eigenvalue weighted by atomic mass is 79.9. The summed E-state index contributed by atoms with van der Waals surface area (Å²) in [5, 5.41) is 20.9. The van der Waals surface area contributed by atoms with Gasteiger partial charge in [-0.1, -0.05) is 6.07 Å². The SMILES string of the molecule is N#Cc1ccc(CO)c2scc(Br)c12. The van der Waals surface area contributed by atoms with E-state index in [1.165, 1.54) is 11.3 Å². The molecule has 0 aliphatic heterocycles. The number of aliphatic hydroxyl groups excluding tert-OH is 1. The number of halogens is 1. The third-order valence-electron chi connectivity index (χ3n) is 2.05. The normalized spacial score (nSPS) is 10.4. The van der Waals surface area contributed by atoms with Crippen LogP contribution in [0, 0.1) is 11.3 Å². The summed E-state index contributed by atoms with van der Waals surface area (Å²) in [6.07, 6.45) is 0. The first-order chi connectivity index (χ1) is 6.77. The summed E-state index contributed by atoms with van der Waals surface area (Å²) in [5.41, 5.74) is 1.51. The number of hydrogen-bond acceptors (Lipinski definition) is 3. The molecule has 0 radical (unpaired) electrons.